The molecule has 0 radical (unpaired) electrons. The minimum atomic E-state index is 0.742. The van der Waals surface area contributed by atoms with Gasteiger partial charge in [0, 0.05) is 37.6 Å². The molecule has 3 heterocycles. The average Bonchev–Trinajstić information content (AvgIpc) is 2.94. The molecule has 0 aromatic carbocycles. The van der Waals surface area contributed by atoms with E-state index in [9.17, 15) is 0 Å². The highest BCUT2D eigenvalue weighted by Crippen LogP contribution is 2.23. The van der Waals surface area contributed by atoms with E-state index in [1.54, 1.807) is 4.88 Å². The Bertz CT molecular complexity index is 496. The number of piperidine rings is 1. The largest absolute Gasteiger partial charge is 0.370 e. The number of guanidine groups is 1. The number of rotatable bonds is 3. The van der Waals surface area contributed by atoms with Gasteiger partial charge in [-0.1, -0.05) is 6.92 Å². The number of thiophene rings is 1. The van der Waals surface area contributed by atoms with Gasteiger partial charge in [0.1, 0.15) is 0 Å². The van der Waals surface area contributed by atoms with Crippen molar-refractivity contribution in [3.8, 4) is 0 Å². The normalized spacial score (nSPS) is 24.1. The van der Waals surface area contributed by atoms with Gasteiger partial charge in [0.15, 0.2) is 5.96 Å². The molecule has 3 rings (SSSR count). The number of likely N-dealkylation sites (tertiary alicyclic amines) is 1. The zero-order valence-electron chi connectivity index (χ0n) is 12.9. The molecule has 21 heavy (non-hydrogen) atoms. The van der Waals surface area contributed by atoms with Crippen LogP contribution in [-0.4, -0.2) is 48.5 Å². The average molecular weight is 306 g/mol. The van der Waals surface area contributed by atoms with Crippen molar-refractivity contribution >= 4 is 17.3 Å². The van der Waals surface area contributed by atoms with Crippen LogP contribution in [0.3, 0.4) is 0 Å². The van der Waals surface area contributed by atoms with Crippen molar-refractivity contribution in [3.05, 3.63) is 21.9 Å². The third-order valence-corrected chi connectivity index (χ3v) is 5.58. The summed E-state index contributed by atoms with van der Waals surface area (Å²) in [5.74, 6) is 1.49. The van der Waals surface area contributed by atoms with E-state index in [1.165, 1.54) is 24.8 Å². The first-order valence-electron chi connectivity index (χ1n) is 8.05. The Morgan fingerprint density at radius 3 is 3.24 bits per heavy atom. The molecule has 2 aliphatic heterocycles. The molecule has 1 fully saturated rings. The summed E-state index contributed by atoms with van der Waals surface area (Å²) in [7, 11) is 0. The summed E-state index contributed by atoms with van der Waals surface area (Å²) in [6.07, 6.45) is 3.75. The maximum atomic E-state index is 6.15. The maximum Gasteiger partial charge on any atom is 0.191 e. The van der Waals surface area contributed by atoms with Crippen LogP contribution in [0, 0.1) is 5.92 Å². The van der Waals surface area contributed by atoms with Gasteiger partial charge < -0.3 is 10.6 Å². The second-order valence-electron chi connectivity index (χ2n) is 6.33. The standard InChI is InChI=1S/C16H26N4S/c1-13-3-2-7-20(11-13)16(17)18-6-9-19-8-4-15-14(12-19)5-10-21-15/h5,10,13H,2-4,6-9,11-12H2,1H3,(H2,17,18). The molecule has 2 aliphatic rings. The maximum absolute atomic E-state index is 6.15. The van der Waals surface area contributed by atoms with E-state index >= 15 is 0 Å². The summed E-state index contributed by atoms with van der Waals surface area (Å²) >= 11 is 1.89. The van der Waals surface area contributed by atoms with E-state index < -0.39 is 0 Å². The van der Waals surface area contributed by atoms with Crippen LogP contribution in [0.1, 0.15) is 30.2 Å². The third kappa shape index (κ3) is 3.77. The summed E-state index contributed by atoms with van der Waals surface area (Å²) in [5.41, 5.74) is 7.65. The van der Waals surface area contributed by atoms with Crippen molar-refractivity contribution < 1.29 is 0 Å². The van der Waals surface area contributed by atoms with Crippen LogP contribution in [0.4, 0.5) is 0 Å². The van der Waals surface area contributed by atoms with Gasteiger partial charge in [-0.3, -0.25) is 9.89 Å². The van der Waals surface area contributed by atoms with E-state index in [2.05, 4.69) is 33.2 Å². The van der Waals surface area contributed by atoms with E-state index in [0.29, 0.717) is 0 Å². The minimum absolute atomic E-state index is 0.742. The summed E-state index contributed by atoms with van der Waals surface area (Å²) in [6.45, 7) is 8.50. The molecule has 1 unspecified atom stereocenters. The number of nitrogens with two attached hydrogens (primary N) is 1. The van der Waals surface area contributed by atoms with Crippen LogP contribution in [0.2, 0.25) is 0 Å². The number of hydrogen-bond acceptors (Lipinski definition) is 3. The molecule has 1 saturated heterocycles. The number of fused-ring (bicyclic) bond motifs is 1. The molecule has 116 valence electrons. The Balaban J connectivity index is 1.46. The van der Waals surface area contributed by atoms with Crippen molar-refractivity contribution in [3.63, 3.8) is 0 Å². The Labute approximate surface area is 131 Å². The fourth-order valence-electron chi connectivity index (χ4n) is 3.30. The van der Waals surface area contributed by atoms with Crippen LogP contribution in [0.5, 0.6) is 0 Å². The fraction of sp³-hybridized carbons (Fsp3) is 0.688. The van der Waals surface area contributed by atoms with Crippen LogP contribution in [0.15, 0.2) is 16.4 Å². The monoisotopic (exact) mass is 306 g/mol. The predicted molar refractivity (Wildman–Crippen MR) is 89.8 cm³/mol. The van der Waals surface area contributed by atoms with Crippen LogP contribution in [-0.2, 0) is 13.0 Å². The van der Waals surface area contributed by atoms with Crippen molar-refractivity contribution in [2.45, 2.75) is 32.7 Å². The molecule has 5 heteroatoms. The van der Waals surface area contributed by atoms with E-state index in [-0.39, 0.29) is 0 Å². The molecule has 1 aromatic rings. The van der Waals surface area contributed by atoms with Crippen molar-refractivity contribution in [2.24, 2.45) is 16.6 Å². The Kier molecular flexibility index (Phi) is 4.80. The van der Waals surface area contributed by atoms with Gasteiger partial charge in [-0.25, -0.2) is 0 Å². The SMILES string of the molecule is CC1CCCN(C(N)=NCCN2CCc3sccc3C2)C1. The molecule has 0 aliphatic carbocycles. The highest BCUT2D eigenvalue weighted by Gasteiger charge is 2.18. The van der Waals surface area contributed by atoms with Crippen molar-refractivity contribution in [2.75, 3.05) is 32.7 Å². The molecule has 0 spiro atoms. The van der Waals surface area contributed by atoms with Gasteiger partial charge in [-0.05, 0) is 42.2 Å². The van der Waals surface area contributed by atoms with Gasteiger partial charge in [-0.15, -0.1) is 11.3 Å². The molecule has 0 amide bonds. The van der Waals surface area contributed by atoms with Gasteiger partial charge in [0.2, 0.25) is 0 Å². The lowest BCUT2D eigenvalue weighted by Crippen LogP contribution is -2.44. The first-order chi connectivity index (χ1) is 10.2. The van der Waals surface area contributed by atoms with Gasteiger partial charge in [-0.2, -0.15) is 0 Å². The van der Waals surface area contributed by atoms with Crippen molar-refractivity contribution in [1.29, 1.82) is 0 Å². The van der Waals surface area contributed by atoms with E-state index in [0.717, 1.165) is 51.1 Å². The topological polar surface area (TPSA) is 44.9 Å². The lowest BCUT2D eigenvalue weighted by Gasteiger charge is -2.32. The van der Waals surface area contributed by atoms with Crippen LogP contribution in [0.25, 0.3) is 0 Å². The molecule has 0 bridgehead atoms. The first-order valence-corrected chi connectivity index (χ1v) is 8.93. The second-order valence-corrected chi connectivity index (χ2v) is 7.33. The summed E-state index contributed by atoms with van der Waals surface area (Å²) in [5, 5.41) is 2.21. The van der Waals surface area contributed by atoms with Crippen LogP contribution < -0.4 is 5.73 Å². The van der Waals surface area contributed by atoms with Crippen LogP contribution >= 0.6 is 11.3 Å². The quantitative estimate of drug-likeness (QED) is 0.687. The van der Waals surface area contributed by atoms with E-state index in [1.807, 2.05) is 11.3 Å². The molecule has 4 nitrogen and oxygen atoms in total. The second kappa shape index (κ2) is 6.79. The highest BCUT2D eigenvalue weighted by molar-refractivity contribution is 7.10. The molecule has 2 N–H and O–H groups in total. The first kappa shape index (κ1) is 14.9. The Morgan fingerprint density at radius 2 is 2.38 bits per heavy atom. The van der Waals surface area contributed by atoms with Gasteiger partial charge >= 0.3 is 0 Å². The number of hydrogen-bond donors (Lipinski definition) is 1. The zero-order chi connectivity index (χ0) is 14.7. The summed E-state index contributed by atoms with van der Waals surface area (Å²) < 4.78 is 0. The zero-order valence-corrected chi connectivity index (χ0v) is 13.7. The molecule has 0 saturated carbocycles. The van der Waals surface area contributed by atoms with Crippen molar-refractivity contribution in [1.82, 2.24) is 9.80 Å². The molecule has 1 atom stereocenters. The predicted octanol–water partition coefficient (Wildman–Crippen LogP) is 2.15. The lowest BCUT2D eigenvalue weighted by atomic mass is 10.0. The summed E-state index contributed by atoms with van der Waals surface area (Å²) in [6, 6.07) is 2.26. The van der Waals surface area contributed by atoms with Gasteiger partial charge in [0.05, 0.1) is 6.54 Å². The third-order valence-electron chi connectivity index (χ3n) is 4.56. The minimum Gasteiger partial charge on any atom is -0.370 e. The Morgan fingerprint density at radius 1 is 1.48 bits per heavy atom. The summed E-state index contributed by atoms with van der Waals surface area (Å²) in [4.78, 5) is 10.9. The number of aliphatic imine (C=N–C) groups is 1. The van der Waals surface area contributed by atoms with E-state index in [4.69, 9.17) is 5.73 Å². The highest BCUT2D eigenvalue weighted by atomic mass is 32.1. The number of nitrogens with zero attached hydrogens (tertiary/aromatic N) is 3. The van der Waals surface area contributed by atoms with Gasteiger partial charge in [0.25, 0.3) is 0 Å². The Hall–Kier alpha value is -1.07. The lowest BCUT2D eigenvalue weighted by molar-refractivity contribution is 0.258. The fourth-order valence-corrected chi connectivity index (χ4v) is 4.19. The smallest absolute Gasteiger partial charge is 0.191 e. The molecular weight excluding hydrogens is 280 g/mol. The molecule has 1 aromatic heterocycles. The molecular formula is C16H26N4S.